The lowest BCUT2D eigenvalue weighted by Gasteiger charge is -2.22. The summed E-state index contributed by atoms with van der Waals surface area (Å²) in [6.07, 6.45) is 0. The van der Waals surface area contributed by atoms with E-state index in [-0.39, 0.29) is 18.2 Å². The molecule has 9 aromatic carbocycles. The molecule has 0 saturated heterocycles. The van der Waals surface area contributed by atoms with Gasteiger partial charge in [-0.25, -0.2) is 0 Å². The number of para-hydroxylation sites is 2. The molecule has 0 radical (unpaired) electrons. The number of alkyl halides is 1. The highest BCUT2D eigenvalue weighted by atomic mass is 79.9. The van der Waals surface area contributed by atoms with Gasteiger partial charge in [-0.05, 0) is 92.5 Å². The molecule has 0 atom stereocenters. The summed E-state index contributed by atoms with van der Waals surface area (Å²) >= 11 is 3.38. The molecule has 0 unspecified atom stereocenters. The van der Waals surface area contributed by atoms with Crippen LogP contribution in [0.3, 0.4) is 0 Å². The minimum absolute atomic E-state index is 0.0458. The quantitative estimate of drug-likeness (QED) is 0.0153. The number of anilines is 2. The van der Waals surface area contributed by atoms with Gasteiger partial charge in [0.15, 0.2) is 11.6 Å². The number of hydrogen-bond acceptors (Lipinski definition) is 8. The van der Waals surface area contributed by atoms with Crippen LogP contribution in [-0.4, -0.2) is 86.3 Å². The van der Waals surface area contributed by atoms with Crippen molar-refractivity contribution in [1.82, 2.24) is 5.32 Å². The maximum atomic E-state index is 12.4. The molecule has 0 spiro atoms. The molecule has 10 nitrogen and oxygen atoms in total. The molecule has 9 aromatic rings. The molecule has 434 valence electrons. The van der Waals surface area contributed by atoms with Crippen molar-refractivity contribution in [3.63, 3.8) is 0 Å². The predicted octanol–water partition coefficient (Wildman–Crippen LogP) is 15.2. The molecule has 0 bridgehead atoms. The highest BCUT2D eigenvalue weighted by Crippen LogP contribution is 2.17. The number of nitrogens with zero attached hydrogens (tertiary/aromatic N) is 4. The van der Waals surface area contributed by atoms with Crippen molar-refractivity contribution in [1.29, 1.82) is 0 Å². The standard InChI is InChI=1S/C24H25N3O.C24H25NO2.C14H11BrO.C7H8.C4H11NO/c1-2-27(23-11-7-4-8-12-23)17-18-28-19-20-13-15-22(16-14-20)24(26-25)21-9-5-3-6-10-21;1-2-25(23-11-7-4-8-12-23)17-18-27-19-20-13-15-22(16-14-20)24(26)21-9-5-3-6-10-21;15-10-11-6-8-13(9-7-11)14(16)12-4-2-1-3-5-12;1-7-5-3-2-4-6-7;1-2-5-3-4-6/h3-16H,2,17-19H2,1H3;3-16H,2,17-19H2,1H3;1-9H,10H2;2-6H,1H3;5-6H,2-4H2,1H3. The van der Waals surface area contributed by atoms with E-state index in [2.05, 4.69) is 117 Å². The van der Waals surface area contributed by atoms with Gasteiger partial charge in [-0.15, -0.1) is 0 Å². The average molecular weight is 1190 g/mol. The molecular formula is C73H80BrN5O5. The highest BCUT2D eigenvalue weighted by Gasteiger charge is 2.15. The maximum absolute atomic E-state index is 12.4. The first kappa shape index (κ1) is 66.4. The largest absolute Gasteiger partial charge is 0.395 e. The van der Waals surface area contributed by atoms with Crippen molar-refractivity contribution in [2.75, 3.05) is 68.9 Å². The Morgan fingerprint density at radius 3 is 1.10 bits per heavy atom. The Morgan fingerprint density at radius 1 is 0.464 bits per heavy atom. The molecule has 84 heavy (non-hydrogen) atoms. The zero-order chi connectivity index (χ0) is 59.8. The number of nitrogens with one attached hydrogen (secondary N) is 1. The van der Waals surface area contributed by atoms with Crippen LogP contribution >= 0.6 is 15.9 Å². The number of benzene rings is 9. The van der Waals surface area contributed by atoms with Gasteiger partial charge in [-0.2, -0.15) is 4.79 Å². The lowest BCUT2D eigenvalue weighted by atomic mass is 10.0. The van der Waals surface area contributed by atoms with Gasteiger partial charge in [-0.3, -0.25) is 9.59 Å². The fourth-order valence-electron chi connectivity index (χ4n) is 8.38. The van der Waals surface area contributed by atoms with Gasteiger partial charge in [0.1, 0.15) is 0 Å². The molecule has 9 rings (SSSR count). The van der Waals surface area contributed by atoms with E-state index in [1.807, 2.05) is 201 Å². The molecule has 0 aliphatic rings. The molecule has 0 aliphatic heterocycles. The maximum Gasteiger partial charge on any atom is 0.329 e. The summed E-state index contributed by atoms with van der Waals surface area (Å²) in [6, 6.07) is 82.6. The van der Waals surface area contributed by atoms with Crippen molar-refractivity contribution in [2.24, 2.45) is 0 Å². The fourth-order valence-corrected chi connectivity index (χ4v) is 8.76. The minimum atomic E-state index is 0.0458. The third kappa shape index (κ3) is 24.2. The van der Waals surface area contributed by atoms with Crippen LogP contribution in [0.5, 0.6) is 0 Å². The summed E-state index contributed by atoms with van der Waals surface area (Å²) in [5.41, 5.74) is 21.7. The zero-order valence-electron chi connectivity index (χ0n) is 49.0. The van der Waals surface area contributed by atoms with Gasteiger partial charge >= 0.3 is 5.71 Å². The Bertz CT molecular complexity index is 3220. The molecule has 0 heterocycles. The van der Waals surface area contributed by atoms with E-state index in [0.29, 0.717) is 43.3 Å². The van der Waals surface area contributed by atoms with Crippen LogP contribution in [0.2, 0.25) is 0 Å². The van der Waals surface area contributed by atoms with E-state index in [1.54, 1.807) is 0 Å². The number of ether oxygens (including phenoxy) is 2. The van der Waals surface area contributed by atoms with E-state index < -0.39 is 0 Å². The summed E-state index contributed by atoms with van der Waals surface area (Å²) in [6.45, 7) is 16.3. The number of aryl methyl sites for hydroxylation is 1. The van der Waals surface area contributed by atoms with Crippen LogP contribution in [0, 0.1) is 6.92 Å². The number of halogens is 1. The number of ketones is 2. The van der Waals surface area contributed by atoms with E-state index in [0.717, 1.165) is 78.0 Å². The second-order valence-corrected chi connectivity index (χ2v) is 19.7. The third-order valence-electron chi connectivity index (χ3n) is 13.1. The average Bonchev–Trinajstić information content (AvgIpc) is 3.60. The number of rotatable bonds is 24. The SMILES string of the molecule is CCN(CCOCc1ccc(C(=O)c2ccccc2)cc1)c1ccccc1.CCN(CCOCc1ccc(C(=[N+]=[N-])c2ccccc2)cc1)c1ccccc1.CCNCCO.Cc1ccccc1.O=C(c1ccccc1)c1ccc(CBr)cc1. The number of hydrogen-bond donors (Lipinski definition) is 2. The lowest BCUT2D eigenvalue weighted by Crippen LogP contribution is -2.26. The predicted molar refractivity (Wildman–Crippen MR) is 350 cm³/mol. The van der Waals surface area contributed by atoms with Crippen LogP contribution in [0.1, 0.15) is 86.0 Å². The Hall–Kier alpha value is -8.38. The van der Waals surface area contributed by atoms with E-state index in [4.69, 9.17) is 14.6 Å². The first-order chi connectivity index (χ1) is 41.2. The normalized spacial score (nSPS) is 10.1. The summed E-state index contributed by atoms with van der Waals surface area (Å²) in [4.78, 5) is 32.5. The Morgan fingerprint density at radius 2 is 0.786 bits per heavy atom. The summed E-state index contributed by atoms with van der Waals surface area (Å²) in [5.74, 6) is 0.117. The van der Waals surface area contributed by atoms with Gasteiger partial charge in [0.2, 0.25) is 0 Å². The Labute approximate surface area is 507 Å². The number of aliphatic hydroxyl groups excluding tert-OH is 1. The Kier molecular flexibility index (Phi) is 31.6. The lowest BCUT2D eigenvalue weighted by molar-refractivity contribution is -0.00280. The van der Waals surface area contributed by atoms with Crippen LogP contribution < -0.4 is 15.1 Å². The summed E-state index contributed by atoms with van der Waals surface area (Å²) < 4.78 is 11.7. The second-order valence-electron chi connectivity index (χ2n) is 19.1. The third-order valence-corrected chi connectivity index (χ3v) is 13.7. The van der Waals surface area contributed by atoms with Crippen LogP contribution in [-0.2, 0) is 28.0 Å². The van der Waals surface area contributed by atoms with Crippen LogP contribution in [0.25, 0.3) is 5.53 Å². The molecule has 0 saturated carbocycles. The fraction of sp³-hybridized carbons (Fsp3) is 0.219. The van der Waals surface area contributed by atoms with E-state index >= 15 is 0 Å². The molecule has 0 amide bonds. The molecule has 0 aliphatic carbocycles. The first-order valence-corrected chi connectivity index (χ1v) is 29.7. The van der Waals surface area contributed by atoms with Crippen molar-refractivity contribution in [3.05, 3.63) is 316 Å². The number of likely N-dealkylation sites (N-methyl/N-ethyl adjacent to an activating group) is 3. The smallest absolute Gasteiger partial charge is 0.329 e. The molecule has 11 heteroatoms. The monoisotopic (exact) mass is 1190 g/mol. The minimum Gasteiger partial charge on any atom is -0.395 e. The van der Waals surface area contributed by atoms with Crippen LogP contribution in [0.4, 0.5) is 11.4 Å². The topological polar surface area (TPSA) is 128 Å². The molecular weight excluding hydrogens is 1110 g/mol. The van der Waals surface area contributed by atoms with E-state index in [1.165, 1.54) is 22.5 Å². The van der Waals surface area contributed by atoms with Gasteiger partial charge in [-0.1, -0.05) is 235 Å². The molecule has 0 aromatic heterocycles. The number of carbonyl (C=O) groups is 2. The van der Waals surface area contributed by atoms with Crippen molar-refractivity contribution < 1.29 is 29.0 Å². The zero-order valence-corrected chi connectivity index (χ0v) is 50.6. The van der Waals surface area contributed by atoms with Crippen molar-refractivity contribution in [2.45, 2.75) is 46.2 Å². The van der Waals surface area contributed by atoms with Crippen molar-refractivity contribution in [3.8, 4) is 0 Å². The highest BCUT2D eigenvalue weighted by molar-refractivity contribution is 9.08. The van der Waals surface area contributed by atoms with Crippen LogP contribution in [0.15, 0.2) is 255 Å². The Balaban J connectivity index is 0.000000213. The van der Waals surface area contributed by atoms with E-state index in [9.17, 15) is 15.1 Å². The first-order valence-electron chi connectivity index (χ1n) is 28.6. The molecule has 2 N–H and O–H groups in total. The van der Waals surface area contributed by atoms with Gasteiger partial charge in [0, 0.05) is 71.7 Å². The van der Waals surface area contributed by atoms with Crippen molar-refractivity contribution >= 4 is 44.6 Å². The number of carbonyl (C=O) groups excluding carboxylic acids is 2. The van der Waals surface area contributed by atoms with Gasteiger partial charge in [0.05, 0.1) is 44.2 Å². The summed E-state index contributed by atoms with van der Waals surface area (Å²) in [7, 11) is 0. The second kappa shape index (κ2) is 39.9. The van der Waals surface area contributed by atoms with Gasteiger partial charge in [0.25, 0.3) is 0 Å². The van der Waals surface area contributed by atoms with Gasteiger partial charge < -0.3 is 35.2 Å². The summed E-state index contributed by atoms with van der Waals surface area (Å²) in [5, 5.41) is 11.9. The number of aliphatic hydroxyl groups is 1. The molecule has 0 fully saturated rings.